The van der Waals surface area contributed by atoms with Gasteiger partial charge in [0, 0.05) is 24.8 Å². The van der Waals surface area contributed by atoms with Gasteiger partial charge in [-0.3, -0.25) is 0 Å². The van der Waals surface area contributed by atoms with E-state index in [9.17, 15) is 5.11 Å². The summed E-state index contributed by atoms with van der Waals surface area (Å²) in [5.74, 6) is 0. The van der Waals surface area contributed by atoms with E-state index in [-0.39, 0.29) is 6.04 Å². The Hall–Kier alpha value is -1.06. The maximum absolute atomic E-state index is 11.0. The van der Waals surface area contributed by atoms with Crippen LogP contribution < -0.4 is 5.32 Å². The van der Waals surface area contributed by atoms with E-state index in [0.29, 0.717) is 6.04 Å². The Kier molecular flexibility index (Phi) is 3.27. The molecule has 2 aliphatic rings. The number of likely N-dealkylation sites (tertiary alicyclic amines) is 1. The first kappa shape index (κ1) is 12.9. The number of para-hydroxylation sites is 1. The van der Waals surface area contributed by atoms with Crippen molar-refractivity contribution in [1.82, 2.24) is 4.90 Å². The lowest BCUT2D eigenvalue weighted by Gasteiger charge is -2.43. The third-order valence-corrected chi connectivity index (χ3v) is 4.81. The number of nitrogens with zero attached hydrogens (tertiary/aromatic N) is 1. The molecule has 2 aliphatic heterocycles. The van der Waals surface area contributed by atoms with Crippen molar-refractivity contribution in [2.75, 3.05) is 18.4 Å². The average Bonchev–Trinajstić information content (AvgIpc) is 2.83. The zero-order chi connectivity index (χ0) is 13.5. The van der Waals surface area contributed by atoms with Crippen molar-refractivity contribution in [2.45, 2.75) is 50.8 Å². The largest absolute Gasteiger partial charge is 0.388 e. The van der Waals surface area contributed by atoms with Crippen LogP contribution in [0, 0.1) is 0 Å². The number of nitrogens with one attached hydrogen (secondary N) is 1. The van der Waals surface area contributed by atoms with Crippen LogP contribution in [0.2, 0.25) is 0 Å². The van der Waals surface area contributed by atoms with Gasteiger partial charge in [0.15, 0.2) is 0 Å². The lowest BCUT2D eigenvalue weighted by atomic mass is 9.82. The van der Waals surface area contributed by atoms with Crippen molar-refractivity contribution in [2.24, 2.45) is 0 Å². The molecule has 1 atom stereocenters. The fourth-order valence-corrected chi connectivity index (χ4v) is 3.40. The number of piperidine rings is 1. The molecule has 2 heterocycles. The molecule has 0 amide bonds. The van der Waals surface area contributed by atoms with Crippen LogP contribution in [0.1, 0.15) is 32.3 Å². The molecular weight excluding hydrogens is 236 g/mol. The normalized spacial score (nSPS) is 26.2. The summed E-state index contributed by atoms with van der Waals surface area (Å²) in [4.78, 5) is 2.45. The van der Waals surface area contributed by atoms with Crippen molar-refractivity contribution >= 4 is 5.69 Å². The van der Waals surface area contributed by atoms with E-state index in [2.05, 4.69) is 48.3 Å². The topological polar surface area (TPSA) is 35.5 Å². The highest BCUT2D eigenvalue weighted by Crippen LogP contribution is 2.35. The summed E-state index contributed by atoms with van der Waals surface area (Å²) in [6, 6.07) is 9.17. The Labute approximate surface area is 115 Å². The number of rotatable bonds is 2. The Bertz CT molecular complexity index is 425. The molecule has 2 N–H and O–H groups in total. The quantitative estimate of drug-likeness (QED) is 0.856. The molecule has 3 rings (SSSR count). The molecule has 0 bridgehead atoms. The zero-order valence-electron chi connectivity index (χ0n) is 11.9. The van der Waals surface area contributed by atoms with Crippen molar-refractivity contribution in [1.29, 1.82) is 0 Å². The second-order valence-corrected chi connectivity index (χ2v) is 6.29. The molecular formula is C16H24N2O. The molecule has 1 unspecified atom stereocenters. The number of aliphatic hydroxyl groups is 1. The SMILES string of the molecule is CC(C)N1CCC(O)(C2Cc3ccccc3N2)CC1. The molecule has 0 spiro atoms. The smallest absolute Gasteiger partial charge is 0.0875 e. The zero-order valence-corrected chi connectivity index (χ0v) is 11.9. The highest BCUT2D eigenvalue weighted by atomic mass is 16.3. The van der Waals surface area contributed by atoms with Gasteiger partial charge in [0.1, 0.15) is 0 Å². The van der Waals surface area contributed by atoms with Gasteiger partial charge in [-0.1, -0.05) is 18.2 Å². The number of benzene rings is 1. The Morgan fingerprint density at radius 3 is 2.58 bits per heavy atom. The number of hydrogen-bond acceptors (Lipinski definition) is 3. The van der Waals surface area contributed by atoms with Crippen molar-refractivity contribution in [3.8, 4) is 0 Å². The fourth-order valence-electron chi connectivity index (χ4n) is 3.40. The first-order valence-corrected chi connectivity index (χ1v) is 7.39. The van der Waals surface area contributed by atoms with Gasteiger partial charge < -0.3 is 15.3 Å². The van der Waals surface area contributed by atoms with Gasteiger partial charge >= 0.3 is 0 Å². The minimum Gasteiger partial charge on any atom is -0.388 e. The highest BCUT2D eigenvalue weighted by molar-refractivity contribution is 5.57. The number of anilines is 1. The lowest BCUT2D eigenvalue weighted by molar-refractivity contribution is -0.0400. The summed E-state index contributed by atoms with van der Waals surface area (Å²) in [7, 11) is 0. The van der Waals surface area contributed by atoms with Crippen molar-refractivity contribution in [3.05, 3.63) is 29.8 Å². The summed E-state index contributed by atoms with van der Waals surface area (Å²) >= 11 is 0. The minimum atomic E-state index is -0.551. The van der Waals surface area contributed by atoms with E-state index >= 15 is 0 Å². The summed E-state index contributed by atoms with van der Waals surface area (Å²) in [5, 5.41) is 14.5. The summed E-state index contributed by atoms with van der Waals surface area (Å²) < 4.78 is 0. The molecule has 0 radical (unpaired) electrons. The van der Waals surface area contributed by atoms with Gasteiger partial charge in [0.25, 0.3) is 0 Å². The van der Waals surface area contributed by atoms with Gasteiger partial charge in [-0.25, -0.2) is 0 Å². The van der Waals surface area contributed by atoms with Crippen LogP contribution in [0.5, 0.6) is 0 Å². The van der Waals surface area contributed by atoms with Crippen LogP contribution in [-0.4, -0.2) is 40.8 Å². The van der Waals surface area contributed by atoms with Crippen LogP contribution in [0.4, 0.5) is 5.69 Å². The van der Waals surface area contributed by atoms with Crippen LogP contribution in [0.15, 0.2) is 24.3 Å². The predicted molar refractivity (Wildman–Crippen MR) is 78.4 cm³/mol. The van der Waals surface area contributed by atoms with Crippen molar-refractivity contribution in [3.63, 3.8) is 0 Å². The van der Waals surface area contributed by atoms with E-state index in [4.69, 9.17) is 0 Å². The molecule has 0 aliphatic carbocycles. The van der Waals surface area contributed by atoms with E-state index in [0.717, 1.165) is 32.4 Å². The van der Waals surface area contributed by atoms with E-state index in [1.807, 2.05) is 0 Å². The third kappa shape index (κ3) is 2.37. The molecule has 1 saturated heterocycles. The second kappa shape index (κ2) is 4.80. The summed E-state index contributed by atoms with van der Waals surface area (Å²) in [6.07, 6.45) is 2.70. The molecule has 0 saturated carbocycles. The summed E-state index contributed by atoms with van der Waals surface area (Å²) in [6.45, 7) is 6.47. The third-order valence-electron chi connectivity index (χ3n) is 4.81. The molecule has 0 aromatic heterocycles. The maximum atomic E-state index is 11.0. The molecule has 3 heteroatoms. The van der Waals surface area contributed by atoms with Gasteiger partial charge in [0.2, 0.25) is 0 Å². The van der Waals surface area contributed by atoms with Gasteiger partial charge in [-0.15, -0.1) is 0 Å². The maximum Gasteiger partial charge on any atom is 0.0875 e. The number of hydrogen-bond donors (Lipinski definition) is 2. The molecule has 1 aromatic rings. The minimum absolute atomic E-state index is 0.180. The average molecular weight is 260 g/mol. The molecule has 3 nitrogen and oxygen atoms in total. The molecule has 1 fully saturated rings. The first-order chi connectivity index (χ1) is 9.08. The second-order valence-electron chi connectivity index (χ2n) is 6.29. The Morgan fingerprint density at radius 2 is 1.95 bits per heavy atom. The monoisotopic (exact) mass is 260 g/mol. The van der Waals surface area contributed by atoms with Gasteiger partial charge in [0.05, 0.1) is 11.6 Å². The fraction of sp³-hybridized carbons (Fsp3) is 0.625. The standard InChI is InChI=1S/C16H24N2O/c1-12(2)18-9-7-16(19,8-10-18)15-11-13-5-3-4-6-14(13)17-15/h3-6,12,15,17,19H,7-11H2,1-2H3. The Balaban J connectivity index is 1.68. The molecule has 104 valence electrons. The van der Waals surface area contributed by atoms with Gasteiger partial charge in [-0.05, 0) is 44.7 Å². The van der Waals surface area contributed by atoms with Crippen LogP contribution >= 0.6 is 0 Å². The van der Waals surface area contributed by atoms with Crippen LogP contribution in [-0.2, 0) is 6.42 Å². The van der Waals surface area contributed by atoms with Gasteiger partial charge in [-0.2, -0.15) is 0 Å². The van der Waals surface area contributed by atoms with Crippen LogP contribution in [0.3, 0.4) is 0 Å². The Morgan fingerprint density at radius 1 is 1.26 bits per heavy atom. The summed E-state index contributed by atoms with van der Waals surface area (Å²) in [5.41, 5.74) is 1.99. The first-order valence-electron chi connectivity index (χ1n) is 7.39. The lowest BCUT2D eigenvalue weighted by Crippen LogP contribution is -2.54. The van der Waals surface area contributed by atoms with Crippen molar-refractivity contribution < 1.29 is 5.11 Å². The highest BCUT2D eigenvalue weighted by Gasteiger charge is 2.42. The van der Waals surface area contributed by atoms with E-state index in [1.165, 1.54) is 11.3 Å². The number of fused-ring (bicyclic) bond motifs is 1. The van der Waals surface area contributed by atoms with E-state index < -0.39 is 5.60 Å². The molecule has 19 heavy (non-hydrogen) atoms. The van der Waals surface area contributed by atoms with E-state index in [1.54, 1.807) is 0 Å². The predicted octanol–water partition coefficient (Wildman–Crippen LogP) is 2.26. The molecule has 1 aromatic carbocycles. The van der Waals surface area contributed by atoms with Crippen LogP contribution in [0.25, 0.3) is 0 Å².